The highest BCUT2D eigenvalue weighted by Crippen LogP contribution is 2.27. The van der Waals surface area contributed by atoms with E-state index in [9.17, 15) is 4.79 Å². The van der Waals surface area contributed by atoms with Crippen molar-refractivity contribution in [3.63, 3.8) is 0 Å². The highest BCUT2D eigenvalue weighted by atomic mass is 16.2. The molecule has 4 aromatic rings. The molecule has 7 heteroatoms. The largest absolute Gasteiger partial charge is 0.331 e. The number of benzene rings is 1. The Morgan fingerprint density at radius 3 is 2.71 bits per heavy atom. The molecule has 140 valence electrons. The van der Waals surface area contributed by atoms with Gasteiger partial charge in [-0.25, -0.2) is 9.78 Å². The van der Waals surface area contributed by atoms with Gasteiger partial charge in [-0.2, -0.15) is 5.10 Å². The average Bonchev–Trinajstić information content (AvgIpc) is 3.12. The van der Waals surface area contributed by atoms with E-state index < -0.39 is 0 Å². The summed E-state index contributed by atoms with van der Waals surface area (Å²) in [5.74, 6) is 0.450. The van der Waals surface area contributed by atoms with Gasteiger partial charge in [0.2, 0.25) is 0 Å². The van der Waals surface area contributed by atoms with Crippen LogP contribution >= 0.6 is 0 Å². The standard InChI is InChI=1S/C21H20N6O/c1-13-10-16(8-9-22-13)20-17-12-23-19(11-18(17)26-27-20)25-21(28)24-14(2)15-6-4-3-5-7-15/h3-12,14H,1-2H3,(H,26,27)(H2,23,24,25,28)/t14-/m1/s1. The summed E-state index contributed by atoms with van der Waals surface area (Å²) in [5.41, 5.74) is 4.53. The molecule has 1 aromatic carbocycles. The van der Waals surface area contributed by atoms with E-state index in [1.807, 2.05) is 56.3 Å². The molecule has 4 rings (SSSR count). The summed E-state index contributed by atoms with van der Waals surface area (Å²) in [6, 6.07) is 15.0. The van der Waals surface area contributed by atoms with E-state index in [4.69, 9.17) is 0 Å². The van der Waals surface area contributed by atoms with Gasteiger partial charge in [0.15, 0.2) is 0 Å². The van der Waals surface area contributed by atoms with Crippen molar-refractivity contribution in [2.45, 2.75) is 19.9 Å². The third-order valence-electron chi connectivity index (χ3n) is 4.51. The van der Waals surface area contributed by atoms with Crippen LogP contribution in [0.15, 0.2) is 60.9 Å². The SMILES string of the molecule is Cc1cc(-c2n[nH]c3cc(NC(=O)N[C@H](C)c4ccccc4)ncc23)ccn1. The van der Waals surface area contributed by atoms with Gasteiger partial charge in [-0.1, -0.05) is 30.3 Å². The number of nitrogens with one attached hydrogen (secondary N) is 3. The molecule has 0 bridgehead atoms. The number of nitrogens with zero attached hydrogens (tertiary/aromatic N) is 3. The van der Waals surface area contributed by atoms with Crippen molar-refractivity contribution in [2.24, 2.45) is 0 Å². The summed E-state index contributed by atoms with van der Waals surface area (Å²) in [7, 11) is 0. The predicted molar refractivity (Wildman–Crippen MR) is 109 cm³/mol. The first kappa shape index (κ1) is 17.7. The molecule has 0 spiro atoms. The second-order valence-corrected chi connectivity index (χ2v) is 6.60. The predicted octanol–water partition coefficient (Wildman–Crippen LogP) is 4.21. The summed E-state index contributed by atoms with van der Waals surface area (Å²) in [6.45, 7) is 3.87. The van der Waals surface area contributed by atoms with Crippen LogP contribution in [0, 0.1) is 6.92 Å². The normalized spacial score (nSPS) is 11.9. The number of urea groups is 1. The van der Waals surface area contributed by atoms with Gasteiger partial charge in [-0.05, 0) is 31.5 Å². The summed E-state index contributed by atoms with van der Waals surface area (Å²) < 4.78 is 0. The monoisotopic (exact) mass is 372 g/mol. The maximum atomic E-state index is 12.3. The number of rotatable bonds is 4. The zero-order valence-corrected chi connectivity index (χ0v) is 15.6. The van der Waals surface area contributed by atoms with E-state index in [-0.39, 0.29) is 12.1 Å². The van der Waals surface area contributed by atoms with Crippen LogP contribution < -0.4 is 10.6 Å². The number of hydrogen-bond donors (Lipinski definition) is 3. The first-order valence-corrected chi connectivity index (χ1v) is 9.00. The molecule has 0 aliphatic heterocycles. The molecule has 1 atom stereocenters. The second kappa shape index (κ2) is 7.48. The first-order valence-electron chi connectivity index (χ1n) is 9.00. The zero-order valence-electron chi connectivity index (χ0n) is 15.6. The molecule has 2 amide bonds. The third-order valence-corrected chi connectivity index (χ3v) is 4.51. The molecular weight excluding hydrogens is 352 g/mol. The van der Waals surface area contributed by atoms with E-state index in [0.717, 1.165) is 33.4 Å². The molecule has 28 heavy (non-hydrogen) atoms. The van der Waals surface area contributed by atoms with Gasteiger partial charge in [0, 0.05) is 35.1 Å². The van der Waals surface area contributed by atoms with Crippen molar-refractivity contribution in [1.29, 1.82) is 0 Å². The van der Waals surface area contributed by atoms with Crippen molar-refractivity contribution in [3.05, 3.63) is 72.2 Å². The minimum Gasteiger partial charge on any atom is -0.331 e. The highest BCUT2D eigenvalue weighted by molar-refractivity contribution is 5.95. The molecule has 0 unspecified atom stereocenters. The Morgan fingerprint density at radius 2 is 1.93 bits per heavy atom. The summed E-state index contributed by atoms with van der Waals surface area (Å²) in [5, 5.41) is 14.0. The maximum absolute atomic E-state index is 12.3. The molecular formula is C21H20N6O. The lowest BCUT2D eigenvalue weighted by molar-refractivity contribution is 0.249. The average molecular weight is 372 g/mol. The van der Waals surface area contributed by atoms with Gasteiger partial charge in [0.1, 0.15) is 11.5 Å². The van der Waals surface area contributed by atoms with Crippen LogP contribution in [0.2, 0.25) is 0 Å². The van der Waals surface area contributed by atoms with Crippen molar-refractivity contribution in [3.8, 4) is 11.3 Å². The second-order valence-electron chi connectivity index (χ2n) is 6.60. The number of carbonyl (C=O) groups excluding carboxylic acids is 1. The van der Waals surface area contributed by atoms with Crippen molar-refractivity contribution < 1.29 is 4.79 Å². The third kappa shape index (κ3) is 3.68. The van der Waals surface area contributed by atoms with E-state index in [0.29, 0.717) is 5.82 Å². The van der Waals surface area contributed by atoms with Gasteiger partial charge in [0.05, 0.1) is 11.6 Å². The van der Waals surface area contributed by atoms with Crippen LogP contribution in [0.5, 0.6) is 0 Å². The van der Waals surface area contributed by atoms with Gasteiger partial charge < -0.3 is 5.32 Å². The number of aromatic nitrogens is 4. The Labute approximate surface area is 162 Å². The minimum absolute atomic E-state index is 0.112. The summed E-state index contributed by atoms with van der Waals surface area (Å²) >= 11 is 0. The van der Waals surface area contributed by atoms with Crippen LogP contribution in [0.3, 0.4) is 0 Å². The van der Waals surface area contributed by atoms with Gasteiger partial charge >= 0.3 is 6.03 Å². The number of hydrogen-bond acceptors (Lipinski definition) is 4. The molecule has 0 saturated carbocycles. The number of aromatic amines is 1. The number of pyridine rings is 2. The molecule has 0 fully saturated rings. The highest BCUT2D eigenvalue weighted by Gasteiger charge is 2.13. The van der Waals surface area contributed by atoms with Gasteiger partial charge in [-0.15, -0.1) is 0 Å². The maximum Gasteiger partial charge on any atom is 0.320 e. The van der Waals surface area contributed by atoms with Crippen LogP contribution in [0.25, 0.3) is 22.2 Å². The fourth-order valence-electron chi connectivity index (χ4n) is 3.07. The lowest BCUT2D eigenvalue weighted by Gasteiger charge is -2.14. The fourth-order valence-corrected chi connectivity index (χ4v) is 3.07. The number of fused-ring (bicyclic) bond motifs is 1. The molecule has 3 N–H and O–H groups in total. The Morgan fingerprint density at radius 1 is 1.11 bits per heavy atom. The molecule has 3 aromatic heterocycles. The molecule has 0 aliphatic carbocycles. The number of aryl methyl sites for hydroxylation is 1. The first-order chi connectivity index (χ1) is 13.6. The number of amides is 2. The molecule has 0 aliphatic rings. The fraction of sp³-hybridized carbons (Fsp3) is 0.143. The Hall–Kier alpha value is -3.74. The van der Waals surface area contributed by atoms with Crippen LogP contribution in [-0.2, 0) is 0 Å². The van der Waals surface area contributed by atoms with E-state index in [2.05, 4.69) is 30.8 Å². The van der Waals surface area contributed by atoms with Crippen LogP contribution in [0.4, 0.5) is 10.6 Å². The topological polar surface area (TPSA) is 95.6 Å². The van der Waals surface area contributed by atoms with E-state index in [1.54, 1.807) is 18.5 Å². The summed E-state index contributed by atoms with van der Waals surface area (Å²) in [4.78, 5) is 20.9. The molecule has 0 radical (unpaired) electrons. The molecule has 3 heterocycles. The minimum atomic E-state index is -0.312. The number of carbonyl (C=O) groups is 1. The van der Waals surface area contributed by atoms with Crippen LogP contribution in [0.1, 0.15) is 24.2 Å². The zero-order chi connectivity index (χ0) is 19.5. The summed E-state index contributed by atoms with van der Waals surface area (Å²) in [6.07, 6.45) is 3.47. The Bertz CT molecular complexity index is 1120. The quantitative estimate of drug-likeness (QED) is 0.500. The lowest BCUT2D eigenvalue weighted by atomic mass is 10.1. The number of H-pyrrole nitrogens is 1. The van der Waals surface area contributed by atoms with Crippen molar-refractivity contribution >= 4 is 22.8 Å². The van der Waals surface area contributed by atoms with Gasteiger partial charge in [0.25, 0.3) is 0 Å². The van der Waals surface area contributed by atoms with E-state index >= 15 is 0 Å². The smallest absolute Gasteiger partial charge is 0.320 e. The van der Waals surface area contributed by atoms with Crippen LogP contribution in [-0.4, -0.2) is 26.2 Å². The lowest BCUT2D eigenvalue weighted by Crippen LogP contribution is -2.31. The van der Waals surface area contributed by atoms with Crippen molar-refractivity contribution in [2.75, 3.05) is 5.32 Å². The molecule has 0 saturated heterocycles. The Balaban J connectivity index is 1.50. The van der Waals surface area contributed by atoms with E-state index in [1.165, 1.54) is 0 Å². The van der Waals surface area contributed by atoms with Gasteiger partial charge in [-0.3, -0.25) is 15.4 Å². The Kier molecular flexibility index (Phi) is 4.72. The number of anilines is 1. The van der Waals surface area contributed by atoms with Crippen molar-refractivity contribution in [1.82, 2.24) is 25.5 Å². The molecule has 7 nitrogen and oxygen atoms in total.